The Morgan fingerprint density at radius 2 is 1.06 bits per heavy atom. The van der Waals surface area contributed by atoms with Crippen LogP contribution in [0.5, 0.6) is 0 Å². The summed E-state index contributed by atoms with van der Waals surface area (Å²) in [5.74, 6) is 5.63. The zero-order valence-corrected chi connectivity index (χ0v) is 29.2. The second-order valence-corrected chi connectivity index (χ2v) is 15.5. The summed E-state index contributed by atoms with van der Waals surface area (Å²) in [6.45, 7) is 2.54. The van der Waals surface area contributed by atoms with E-state index in [2.05, 4.69) is 97.9 Å². The van der Waals surface area contributed by atoms with Crippen LogP contribution in [-0.4, -0.2) is 15.0 Å². The van der Waals surface area contributed by atoms with Crippen LogP contribution >= 0.6 is 0 Å². The number of nitrogens with zero attached hydrogens (tertiary/aromatic N) is 4. The molecule has 0 spiro atoms. The zero-order chi connectivity index (χ0) is 34.8. The van der Waals surface area contributed by atoms with Gasteiger partial charge in [-0.1, -0.05) is 104 Å². The lowest BCUT2D eigenvalue weighted by molar-refractivity contribution is -0.141. The molecule has 0 aliphatic heterocycles. The van der Waals surface area contributed by atoms with Gasteiger partial charge in [0.15, 0.2) is 17.5 Å². The lowest BCUT2D eigenvalue weighted by atomic mass is 9.39. The van der Waals surface area contributed by atoms with Crippen molar-refractivity contribution in [2.75, 3.05) is 0 Å². The molecule has 2 unspecified atom stereocenters. The average molecular weight is 671 g/mol. The predicted molar refractivity (Wildman–Crippen MR) is 209 cm³/mol. The maximum absolute atomic E-state index is 9.43. The third-order valence-electron chi connectivity index (χ3n) is 12.4. The summed E-state index contributed by atoms with van der Waals surface area (Å²) in [5, 5.41) is 12.1. The SMILES string of the molecule is CC1(c2ccc(-c3cc(-c4ccccc4)cc(-c4nc(-c5ccccc5)nc(-c5ccc(C#N)cc5)n4)c3)c3ccccc23)C[C@H]2C[C@H]3C[C@@H](C1)C32. The normalized spacial score (nSPS) is 22.8. The predicted octanol–water partition coefficient (Wildman–Crippen LogP) is 11.6. The molecule has 1 aromatic heterocycles. The Hall–Kier alpha value is -5.92. The quantitative estimate of drug-likeness (QED) is 0.177. The van der Waals surface area contributed by atoms with E-state index in [4.69, 9.17) is 15.0 Å². The third kappa shape index (κ3) is 5.15. The van der Waals surface area contributed by atoms with E-state index in [9.17, 15) is 5.26 Å². The molecule has 10 rings (SSSR count). The fraction of sp³-hybridized carbons (Fsp3) is 0.208. The highest BCUT2D eigenvalue weighted by Gasteiger charge is 2.59. The van der Waals surface area contributed by atoms with Gasteiger partial charge in [0.05, 0.1) is 11.6 Å². The zero-order valence-electron chi connectivity index (χ0n) is 29.2. The van der Waals surface area contributed by atoms with Crippen molar-refractivity contribution in [3.63, 3.8) is 0 Å². The summed E-state index contributed by atoms with van der Waals surface area (Å²) >= 11 is 0. The van der Waals surface area contributed by atoms with Gasteiger partial charge in [-0.05, 0) is 136 Å². The number of hydrogen-bond acceptors (Lipinski definition) is 4. The molecule has 3 aliphatic carbocycles. The maximum Gasteiger partial charge on any atom is 0.164 e. The smallest absolute Gasteiger partial charge is 0.164 e. The van der Waals surface area contributed by atoms with Gasteiger partial charge in [0, 0.05) is 16.7 Å². The fourth-order valence-electron chi connectivity index (χ4n) is 10.00. The first-order valence-electron chi connectivity index (χ1n) is 18.6. The molecule has 52 heavy (non-hydrogen) atoms. The Bertz CT molecular complexity index is 2500. The monoisotopic (exact) mass is 670 g/mol. The highest BCUT2D eigenvalue weighted by molar-refractivity contribution is 6.00. The topological polar surface area (TPSA) is 62.5 Å². The molecule has 3 saturated carbocycles. The molecule has 3 fully saturated rings. The minimum Gasteiger partial charge on any atom is -0.208 e. The molecule has 0 N–H and O–H groups in total. The second-order valence-electron chi connectivity index (χ2n) is 15.5. The molecule has 4 nitrogen and oxygen atoms in total. The number of hydrogen-bond donors (Lipinski definition) is 0. The van der Waals surface area contributed by atoms with Crippen molar-refractivity contribution in [1.29, 1.82) is 5.26 Å². The lowest BCUT2D eigenvalue weighted by Gasteiger charge is -2.65. The molecule has 0 saturated heterocycles. The number of benzene rings is 6. The summed E-state index contributed by atoms with van der Waals surface area (Å²) in [6.07, 6.45) is 5.51. The van der Waals surface area contributed by atoms with E-state index < -0.39 is 0 Å². The Morgan fingerprint density at radius 3 is 1.69 bits per heavy atom. The standard InChI is InChI=1S/C48H38N4/c1-48(27-38-25-36-26-39(28-48)44(36)38)43-21-20-40(41-14-8-9-15-42(41)43)35-22-34(31-10-4-2-5-11-31)23-37(24-35)47-51-45(32-12-6-3-7-13-32)50-46(52-47)33-18-16-30(29-49)17-19-33/h2-24,36,38-39,44H,25-28H2,1H3/t36-,38+,39-,44?,48?. The Labute approximate surface area is 304 Å². The largest absolute Gasteiger partial charge is 0.208 e. The van der Waals surface area contributed by atoms with E-state index in [-0.39, 0.29) is 5.41 Å². The summed E-state index contributed by atoms with van der Waals surface area (Å²) in [6, 6.07) is 50.9. The number of nitriles is 1. The molecule has 4 heteroatoms. The van der Waals surface area contributed by atoms with Gasteiger partial charge in [-0.2, -0.15) is 5.26 Å². The van der Waals surface area contributed by atoms with Crippen LogP contribution in [0.15, 0.2) is 140 Å². The number of rotatable bonds is 6. The van der Waals surface area contributed by atoms with Crippen molar-refractivity contribution >= 4 is 10.8 Å². The van der Waals surface area contributed by atoms with Crippen molar-refractivity contribution in [1.82, 2.24) is 15.0 Å². The van der Waals surface area contributed by atoms with E-state index >= 15 is 0 Å². The molecule has 0 amide bonds. The van der Waals surface area contributed by atoms with Crippen LogP contribution in [0.1, 0.15) is 43.7 Å². The van der Waals surface area contributed by atoms with E-state index in [0.717, 1.165) is 57.1 Å². The van der Waals surface area contributed by atoms with Crippen LogP contribution in [0.3, 0.4) is 0 Å². The van der Waals surface area contributed by atoms with Crippen LogP contribution in [0.2, 0.25) is 0 Å². The summed E-state index contributed by atoms with van der Waals surface area (Å²) < 4.78 is 0. The molecular weight excluding hydrogens is 633 g/mol. The van der Waals surface area contributed by atoms with Gasteiger partial charge in [0.1, 0.15) is 0 Å². The molecule has 1 heterocycles. The van der Waals surface area contributed by atoms with Crippen LogP contribution in [-0.2, 0) is 5.41 Å². The summed E-state index contributed by atoms with van der Waals surface area (Å²) in [5.41, 5.74) is 9.59. The van der Waals surface area contributed by atoms with Crippen molar-refractivity contribution in [2.24, 2.45) is 23.7 Å². The molecule has 3 aliphatic rings. The highest BCUT2D eigenvalue weighted by atomic mass is 15.0. The van der Waals surface area contributed by atoms with Gasteiger partial charge < -0.3 is 0 Å². The lowest BCUT2D eigenvalue weighted by Crippen LogP contribution is -2.58. The van der Waals surface area contributed by atoms with Crippen LogP contribution < -0.4 is 0 Å². The molecule has 0 bridgehead atoms. The van der Waals surface area contributed by atoms with Gasteiger partial charge in [0.25, 0.3) is 0 Å². The molecule has 6 aromatic carbocycles. The maximum atomic E-state index is 9.43. The molecule has 5 atom stereocenters. The number of fused-ring (bicyclic) bond motifs is 1. The van der Waals surface area contributed by atoms with E-state index in [1.807, 2.05) is 54.6 Å². The van der Waals surface area contributed by atoms with Crippen molar-refractivity contribution in [3.8, 4) is 62.5 Å². The third-order valence-corrected chi connectivity index (χ3v) is 12.4. The minimum absolute atomic E-state index is 0.201. The van der Waals surface area contributed by atoms with Gasteiger partial charge in [-0.15, -0.1) is 0 Å². The summed E-state index contributed by atoms with van der Waals surface area (Å²) in [4.78, 5) is 15.1. The molecular formula is C48H38N4. The second kappa shape index (κ2) is 12.1. The Kier molecular flexibility index (Phi) is 7.18. The molecule has 0 radical (unpaired) electrons. The van der Waals surface area contributed by atoms with Crippen LogP contribution in [0.25, 0.3) is 67.2 Å². The first-order valence-corrected chi connectivity index (χ1v) is 18.6. The fourth-order valence-corrected chi connectivity index (χ4v) is 10.00. The van der Waals surface area contributed by atoms with Crippen LogP contribution in [0, 0.1) is 35.0 Å². The Morgan fingerprint density at radius 1 is 0.519 bits per heavy atom. The van der Waals surface area contributed by atoms with Crippen LogP contribution in [0.4, 0.5) is 0 Å². The highest BCUT2D eigenvalue weighted by Crippen LogP contribution is 2.67. The van der Waals surface area contributed by atoms with Gasteiger partial charge >= 0.3 is 0 Å². The van der Waals surface area contributed by atoms with Crippen molar-refractivity contribution in [2.45, 2.75) is 38.0 Å². The van der Waals surface area contributed by atoms with E-state index in [1.54, 1.807) is 0 Å². The van der Waals surface area contributed by atoms with Gasteiger partial charge in [-0.25, -0.2) is 15.0 Å². The average Bonchev–Trinajstić information content (AvgIpc) is 3.19. The first kappa shape index (κ1) is 30.9. The minimum atomic E-state index is 0.201. The van der Waals surface area contributed by atoms with E-state index in [1.165, 1.54) is 47.6 Å². The van der Waals surface area contributed by atoms with E-state index in [0.29, 0.717) is 23.0 Å². The molecule has 250 valence electrons. The summed E-state index contributed by atoms with van der Waals surface area (Å²) in [7, 11) is 0. The van der Waals surface area contributed by atoms with Gasteiger partial charge in [-0.3, -0.25) is 0 Å². The number of aromatic nitrogens is 3. The molecule has 7 aromatic rings. The van der Waals surface area contributed by atoms with Crippen molar-refractivity contribution < 1.29 is 0 Å². The Balaban J connectivity index is 1.15. The van der Waals surface area contributed by atoms with Gasteiger partial charge in [0.2, 0.25) is 0 Å². The van der Waals surface area contributed by atoms with Crippen molar-refractivity contribution in [3.05, 3.63) is 151 Å². The first-order chi connectivity index (χ1) is 25.5.